The highest BCUT2D eigenvalue weighted by molar-refractivity contribution is 6.02. The van der Waals surface area contributed by atoms with Crippen LogP contribution in [-0.4, -0.2) is 47.4 Å². The summed E-state index contributed by atoms with van der Waals surface area (Å²) in [6, 6.07) is 10.2. The Morgan fingerprint density at radius 1 is 1.27 bits per heavy atom. The normalized spacial score (nSPS) is 18.2. The minimum atomic E-state index is -0.561. The number of hydrogen-bond acceptors (Lipinski definition) is 5. The molecule has 2 heterocycles. The molecule has 1 saturated heterocycles. The number of anilines is 1. The van der Waals surface area contributed by atoms with Crippen LogP contribution in [0.4, 0.5) is 15.8 Å². The number of rotatable bonds is 5. The Hall–Kier alpha value is -3.49. The van der Waals surface area contributed by atoms with Crippen molar-refractivity contribution in [3.05, 3.63) is 64.0 Å². The zero-order chi connectivity index (χ0) is 21.3. The van der Waals surface area contributed by atoms with Gasteiger partial charge in [-0.05, 0) is 43.0 Å². The standard InChI is InChI=1S/C21H20FN3O5/c22-15-4-1-3-14(9-15)10-16-5-2-8-23(16)20(26)12-24-18-11-17(25(28)29)6-7-19(18)30-13-21(24)27/h1,3-4,6-7,9,11,16H,2,5,8,10,12-13H2. The van der Waals surface area contributed by atoms with Crippen LogP contribution in [0.2, 0.25) is 0 Å². The molecule has 1 fully saturated rings. The first-order valence-electron chi connectivity index (χ1n) is 9.68. The van der Waals surface area contributed by atoms with Crippen LogP contribution in [0.3, 0.4) is 0 Å². The van der Waals surface area contributed by atoms with E-state index >= 15 is 0 Å². The third kappa shape index (κ3) is 3.96. The summed E-state index contributed by atoms with van der Waals surface area (Å²) in [7, 11) is 0. The van der Waals surface area contributed by atoms with Gasteiger partial charge in [-0.2, -0.15) is 0 Å². The van der Waals surface area contributed by atoms with Crippen molar-refractivity contribution in [3.8, 4) is 5.75 Å². The summed E-state index contributed by atoms with van der Waals surface area (Å²) >= 11 is 0. The molecular weight excluding hydrogens is 393 g/mol. The summed E-state index contributed by atoms with van der Waals surface area (Å²) in [6.07, 6.45) is 2.15. The van der Waals surface area contributed by atoms with Crippen LogP contribution in [0, 0.1) is 15.9 Å². The Morgan fingerprint density at radius 3 is 2.87 bits per heavy atom. The predicted octanol–water partition coefficient (Wildman–Crippen LogP) is 2.69. The van der Waals surface area contributed by atoms with Crippen molar-refractivity contribution in [3.63, 3.8) is 0 Å². The smallest absolute Gasteiger partial charge is 0.271 e. The molecule has 2 aliphatic heterocycles. The number of amides is 2. The van der Waals surface area contributed by atoms with Crippen molar-refractivity contribution >= 4 is 23.2 Å². The molecule has 8 nitrogen and oxygen atoms in total. The van der Waals surface area contributed by atoms with Gasteiger partial charge in [-0.25, -0.2) is 4.39 Å². The summed E-state index contributed by atoms with van der Waals surface area (Å²) < 4.78 is 18.8. The molecule has 0 aliphatic carbocycles. The molecule has 0 N–H and O–H groups in total. The highest BCUT2D eigenvalue weighted by Gasteiger charge is 2.34. The molecule has 2 aromatic carbocycles. The van der Waals surface area contributed by atoms with Gasteiger partial charge in [0.1, 0.15) is 18.1 Å². The highest BCUT2D eigenvalue weighted by atomic mass is 19.1. The third-order valence-corrected chi connectivity index (χ3v) is 5.45. The predicted molar refractivity (Wildman–Crippen MR) is 106 cm³/mol. The van der Waals surface area contributed by atoms with Crippen molar-refractivity contribution in [2.45, 2.75) is 25.3 Å². The zero-order valence-corrected chi connectivity index (χ0v) is 16.1. The molecular formula is C21H20FN3O5. The van der Waals surface area contributed by atoms with E-state index in [1.807, 2.05) is 6.07 Å². The molecule has 2 amide bonds. The number of nitrogens with zero attached hydrogens (tertiary/aromatic N) is 3. The lowest BCUT2D eigenvalue weighted by molar-refractivity contribution is -0.384. The van der Waals surface area contributed by atoms with Crippen molar-refractivity contribution < 1.29 is 23.6 Å². The Balaban J connectivity index is 1.52. The molecule has 30 heavy (non-hydrogen) atoms. The largest absolute Gasteiger partial charge is 0.482 e. The zero-order valence-electron chi connectivity index (χ0n) is 16.1. The molecule has 1 atom stereocenters. The molecule has 9 heteroatoms. The number of non-ortho nitro benzene ring substituents is 1. The fraction of sp³-hybridized carbons (Fsp3) is 0.333. The molecule has 0 radical (unpaired) electrons. The summed E-state index contributed by atoms with van der Waals surface area (Å²) in [5, 5.41) is 11.1. The lowest BCUT2D eigenvalue weighted by Gasteiger charge is -2.32. The minimum Gasteiger partial charge on any atom is -0.482 e. The van der Waals surface area contributed by atoms with E-state index < -0.39 is 10.8 Å². The summed E-state index contributed by atoms with van der Waals surface area (Å²) in [6.45, 7) is 0.0972. The molecule has 1 unspecified atom stereocenters. The molecule has 156 valence electrons. The Morgan fingerprint density at radius 2 is 2.10 bits per heavy atom. The Bertz CT molecular complexity index is 1010. The van der Waals surface area contributed by atoms with Crippen molar-refractivity contribution in [2.75, 3.05) is 24.6 Å². The van der Waals surface area contributed by atoms with Gasteiger partial charge >= 0.3 is 0 Å². The minimum absolute atomic E-state index is 0.0833. The third-order valence-electron chi connectivity index (χ3n) is 5.45. The van der Waals surface area contributed by atoms with Gasteiger partial charge in [0, 0.05) is 24.7 Å². The summed E-state index contributed by atoms with van der Waals surface area (Å²) in [5.74, 6) is -0.676. The van der Waals surface area contributed by atoms with E-state index in [4.69, 9.17) is 4.74 Å². The van der Waals surface area contributed by atoms with E-state index in [-0.39, 0.29) is 42.3 Å². The second kappa shape index (κ2) is 8.10. The molecule has 2 aliphatic rings. The monoisotopic (exact) mass is 413 g/mol. The first-order chi connectivity index (χ1) is 14.4. The Kier molecular flexibility index (Phi) is 5.35. The van der Waals surface area contributed by atoms with E-state index in [9.17, 15) is 24.1 Å². The van der Waals surface area contributed by atoms with E-state index in [0.717, 1.165) is 18.4 Å². The van der Waals surface area contributed by atoms with Crippen LogP contribution in [0.5, 0.6) is 5.75 Å². The number of carbonyl (C=O) groups is 2. The number of likely N-dealkylation sites (tertiary alicyclic amines) is 1. The average Bonchev–Trinajstić information content (AvgIpc) is 3.18. The quantitative estimate of drug-likeness (QED) is 0.555. The summed E-state index contributed by atoms with van der Waals surface area (Å²) in [4.78, 5) is 39.0. The van der Waals surface area contributed by atoms with Crippen LogP contribution in [0.1, 0.15) is 18.4 Å². The van der Waals surface area contributed by atoms with Crippen LogP contribution in [-0.2, 0) is 16.0 Å². The fourth-order valence-electron chi connectivity index (χ4n) is 4.02. The van der Waals surface area contributed by atoms with Gasteiger partial charge < -0.3 is 9.64 Å². The van der Waals surface area contributed by atoms with Gasteiger partial charge in [-0.3, -0.25) is 24.6 Å². The lowest BCUT2D eigenvalue weighted by Crippen LogP contribution is -2.48. The number of nitro benzene ring substituents is 1. The SMILES string of the molecule is O=C1COc2ccc([N+](=O)[O-])cc2N1CC(=O)N1CCCC1Cc1cccc(F)c1. The molecule has 4 rings (SSSR count). The van der Waals surface area contributed by atoms with Crippen LogP contribution >= 0.6 is 0 Å². The van der Waals surface area contributed by atoms with E-state index in [1.165, 1.54) is 35.2 Å². The Labute approximate surface area is 172 Å². The van der Waals surface area contributed by atoms with E-state index in [0.29, 0.717) is 18.7 Å². The van der Waals surface area contributed by atoms with E-state index in [2.05, 4.69) is 0 Å². The molecule has 0 spiro atoms. The fourth-order valence-corrected chi connectivity index (χ4v) is 4.02. The topological polar surface area (TPSA) is 93.0 Å². The van der Waals surface area contributed by atoms with Gasteiger partial charge in [0.2, 0.25) is 5.91 Å². The molecule has 0 saturated carbocycles. The maximum Gasteiger partial charge on any atom is 0.271 e. The lowest BCUT2D eigenvalue weighted by atomic mass is 10.0. The average molecular weight is 413 g/mol. The molecule has 0 aromatic heterocycles. The number of fused-ring (bicyclic) bond motifs is 1. The number of hydrogen-bond donors (Lipinski definition) is 0. The van der Waals surface area contributed by atoms with Crippen molar-refractivity contribution in [1.29, 1.82) is 0 Å². The number of benzene rings is 2. The maximum absolute atomic E-state index is 13.5. The first kappa shape index (κ1) is 19.8. The van der Waals surface area contributed by atoms with Gasteiger partial charge in [-0.1, -0.05) is 12.1 Å². The number of ether oxygens (including phenoxy) is 1. The molecule has 0 bridgehead atoms. The number of carbonyl (C=O) groups excluding carboxylic acids is 2. The van der Waals surface area contributed by atoms with Crippen LogP contribution in [0.15, 0.2) is 42.5 Å². The molecule has 2 aromatic rings. The maximum atomic E-state index is 13.5. The van der Waals surface area contributed by atoms with Gasteiger partial charge in [0.05, 0.1) is 10.6 Å². The van der Waals surface area contributed by atoms with E-state index in [1.54, 1.807) is 11.0 Å². The summed E-state index contributed by atoms with van der Waals surface area (Å²) in [5.41, 5.74) is 0.840. The number of halogens is 1. The number of nitro groups is 1. The van der Waals surface area contributed by atoms with Crippen molar-refractivity contribution in [2.24, 2.45) is 0 Å². The van der Waals surface area contributed by atoms with Crippen LogP contribution < -0.4 is 9.64 Å². The second-order valence-corrected chi connectivity index (χ2v) is 7.39. The highest BCUT2D eigenvalue weighted by Crippen LogP contribution is 2.35. The van der Waals surface area contributed by atoms with Crippen molar-refractivity contribution in [1.82, 2.24) is 4.90 Å². The second-order valence-electron chi connectivity index (χ2n) is 7.39. The first-order valence-corrected chi connectivity index (χ1v) is 9.68. The van der Waals surface area contributed by atoms with Crippen LogP contribution in [0.25, 0.3) is 0 Å². The van der Waals surface area contributed by atoms with Gasteiger partial charge in [-0.15, -0.1) is 0 Å². The van der Waals surface area contributed by atoms with Gasteiger partial charge in [0.25, 0.3) is 11.6 Å². The van der Waals surface area contributed by atoms with Gasteiger partial charge in [0.15, 0.2) is 6.61 Å².